The quantitative estimate of drug-likeness (QED) is 0.579. The van der Waals surface area contributed by atoms with E-state index in [0.717, 1.165) is 0 Å². The summed E-state index contributed by atoms with van der Waals surface area (Å²) in [6.45, 7) is 0. The van der Waals surface area contributed by atoms with Gasteiger partial charge in [-0.05, 0) is 24.3 Å². The summed E-state index contributed by atoms with van der Waals surface area (Å²) in [6.07, 6.45) is -4.45. The highest BCUT2D eigenvalue weighted by Crippen LogP contribution is 2.29. The zero-order valence-electron chi connectivity index (χ0n) is 12.3. The minimum absolute atomic E-state index is 0.268. The van der Waals surface area contributed by atoms with Gasteiger partial charge >= 0.3 is 12.3 Å². The van der Waals surface area contributed by atoms with Gasteiger partial charge in [0.25, 0.3) is 0 Å². The van der Waals surface area contributed by atoms with Gasteiger partial charge in [0.15, 0.2) is 4.34 Å². The molecular formula is C13H12F3N3O3S2. The number of benzene rings is 1. The number of esters is 1. The molecule has 2 rings (SSSR count). The van der Waals surface area contributed by atoms with Gasteiger partial charge < -0.3 is 14.8 Å². The molecule has 2 aromatic rings. The van der Waals surface area contributed by atoms with E-state index in [-0.39, 0.29) is 18.1 Å². The number of nitrogens with zero attached hydrogens (tertiary/aromatic N) is 2. The first-order valence-corrected chi connectivity index (χ1v) is 8.32. The number of ether oxygens (including phenoxy) is 2. The van der Waals surface area contributed by atoms with E-state index < -0.39 is 6.36 Å². The molecule has 0 unspecified atom stereocenters. The maximum absolute atomic E-state index is 12.1. The smallest absolute Gasteiger partial charge is 0.469 e. The summed E-state index contributed by atoms with van der Waals surface area (Å²) in [5.74, 6) is -0.0824. The predicted molar refractivity (Wildman–Crippen MR) is 83.7 cm³/mol. The maximum atomic E-state index is 12.1. The number of hydrogen-bond acceptors (Lipinski definition) is 8. The van der Waals surface area contributed by atoms with Crippen LogP contribution in [0.4, 0.5) is 24.0 Å². The van der Waals surface area contributed by atoms with Crippen LogP contribution >= 0.6 is 23.1 Å². The molecule has 0 fully saturated rings. The van der Waals surface area contributed by atoms with Crippen LogP contribution in [0.25, 0.3) is 0 Å². The highest BCUT2D eigenvalue weighted by Gasteiger charge is 2.30. The Bertz CT molecular complexity index is 677. The standard InChI is InChI=1S/C13H12F3N3O3S2/c1-21-10(20)6-7-23-12-19-18-11(24-12)17-8-2-4-9(5-3-8)22-13(14,15)16/h2-5H,6-7H2,1H3,(H,17,18). The monoisotopic (exact) mass is 379 g/mol. The molecular weight excluding hydrogens is 367 g/mol. The van der Waals surface area contributed by atoms with Crippen LogP contribution in [0.5, 0.6) is 5.75 Å². The number of anilines is 2. The molecule has 130 valence electrons. The molecule has 1 aromatic carbocycles. The fourth-order valence-corrected chi connectivity index (χ4v) is 3.27. The van der Waals surface area contributed by atoms with E-state index >= 15 is 0 Å². The number of nitrogens with one attached hydrogen (secondary N) is 1. The summed E-state index contributed by atoms with van der Waals surface area (Å²) < 4.78 is 45.2. The van der Waals surface area contributed by atoms with Crippen molar-refractivity contribution in [3.63, 3.8) is 0 Å². The van der Waals surface area contributed by atoms with Crippen molar-refractivity contribution in [1.29, 1.82) is 0 Å². The fraction of sp³-hybridized carbons (Fsp3) is 0.308. The maximum Gasteiger partial charge on any atom is 0.573 e. The molecule has 1 aromatic heterocycles. The molecule has 0 radical (unpaired) electrons. The van der Waals surface area contributed by atoms with Gasteiger partial charge in [-0.1, -0.05) is 23.1 Å². The van der Waals surface area contributed by atoms with Crippen molar-refractivity contribution in [3.05, 3.63) is 24.3 Å². The molecule has 0 saturated heterocycles. The molecule has 0 spiro atoms. The molecule has 0 atom stereocenters. The first-order chi connectivity index (χ1) is 11.4. The van der Waals surface area contributed by atoms with Gasteiger partial charge in [-0.2, -0.15) is 0 Å². The van der Waals surface area contributed by atoms with Crippen LogP contribution in [-0.4, -0.2) is 35.4 Å². The van der Waals surface area contributed by atoms with Crippen LogP contribution < -0.4 is 10.1 Å². The molecule has 0 aliphatic heterocycles. The number of methoxy groups -OCH3 is 1. The average Bonchev–Trinajstić information content (AvgIpc) is 2.95. The lowest BCUT2D eigenvalue weighted by Gasteiger charge is -2.09. The number of carbonyl (C=O) groups is 1. The van der Waals surface area contributed by atoms with E-state index in [0.29, 0.717) is 20.9 Å². The Balaban J connectivity index is 1.86. The van der Waals surface area contributed by atoms with Gasteiger partial charge in [-0.15, -0.1) is 23.4 Å². The molecule has 0 aliphatic carbocycles. The minimum atomic E-state index is -4.72. The van der Waals surface area contributed by atoms with Crippen LogP contribution in [-0.2, 0) is 9.53 Å². The number of rotatable bonds is 7. The van der Waals surface area contributed by atoms with E-state index in [1.54, 1.807) is 0 Å². The van der Waals surface area contributed by atoms with E-state index in [1.165, 1.54) is 54.5 Å². The SMILES string of the molecule is COC(=O)CCSc1nnc(Nc2ccc(OC(F)(F)F)cc2)s1. The molecule has 0 aliphatic rings. The summed E-state index contributed by atoms with van der Waals surface area (Å²) in [5.41, 5.74) is 0.548. The van der Waals surface area contributed by atoms with Gasteiger partial charge in [0, 0.05) is 11.4 Å². The van der Waals surface area contributed by atoms with Gasteiger partial charge in [-0.25, -0.2) is 0 Å². The Labute approximate surface area is 143 Å². The third-order valence-corrected chi connectivity index (χ3v) is 4.48. The summed E-state index contributed by atoms with van der Waals surface area (Å²) in [5, 5.41) is 11.3. The lowest BCUT2D eigenvalue weighted by molar-refractivity contribution is -0.274. The van der Waals surface area contributed by atoms with Crippen molar-refractivity contribution >= 4 is 39.9 Å². The second kappa shape index (κ2) is 8.20. The first-order valence-electron chi connectivity index (χ1n) is 6.51. The molecule has 1 heterocycles. The van der Waals surface area contributed by atoms with E-state index in [2.05, 4.69) is 25.0 Å². The summed E-state index contributed by atoms with van der Waals surface area (Å²) in [7, 11) is 1.32. The number of hydrogen-bond donors (Lipinski definition) is 1. The van der Waals surface area contributed by atoms with Crippen LogP contribution in [0, 0.1) is 0 Å². The van der Waals surface area contributed by atoms with Gasteiger partial charge in [0.05, 0.1) is 13.5 Å². The highest BCUT2D eigenvalue weighted by molar-refractivity contribution is 8.01. The number of aromatic nitrogens is 2. The highest BCUT2D eigenvalue weighted by atomic mass is 32.2. The molecule has 0 saturated carbocycles. The summed E-state index contributed by atoms with van der Waals surface area (Å²) >= 11 is 2.63. The lowest BCUT2D eigenvalue weighted by Crippen LogP contribution is -2.16. The zero-order valence-corrected chi connectivity index (χ0v) is 13.9. The molecule has 1 N–H and O–H groups in total. The van der Waals surface area contributed by atoms with Crippen molar-refractivity contribution in [2.24, 2.45) is 0 Å². The number of alkyl halides is 3. The number of carbonyl (C=O) groups excluding carboxylic acids is 1. The predicted octanol–water partition coefficient (Wildman–Crippen LogP) is 3.84. The van der Waals surface area contributed by atoms with E-state index in [9.17, 15) is 18.0 Å². The largest absolute Gasteiger partial charge is 0.573 e. The topological polar surface area (TPSA) is 73.3 Å². The average molecular weight is 379 g/mol. The molecule has 11 heteroatoms. The molecule has 6 nitrogen and oxygen atoms in total. The van der Waals surface area contributed by atoms with E-state index in [1.807, 2.05) is 0 Å². The van der Waals surface area contributed by atoms with Gasteiger partial charge in [0.1, 0.15) is 5.75 Å². The normalized spacial score (nSPS) is 11.2. The summed E-state index contributed by atoms with van der Waals surface area (Å²) in [4.78, 5) is 11.0. The third-order valence-electron chi connectivity index (χ3n) is 2.51. The Morgan fingerprint density at radius 1 is 1.29 bits per heavy atom. The first kappa shape index (κ1) is 18.3. The van der Waals surface area contributed by atoms with Crippen molar-refractivity contribution in [1.82, 2.24) is 10.2 Å². The van der Waals surface area contributed by atoms with Crippen molar-refractivity contribution in [2.45, 2.75) is 17.1 Å². The Morgan fingerprint density at radius 2 is 2.00 bits per heavy atom. The van der Waals surface area contributed by atoms with Crippen LogP contribution in [0.2, 0.25) is 0 Å². The lowest BCUT2D eigenvalue weighted by atomic mass is 10.3. The van der Waals surface area contributed by atoms with Crippen molar-refractivity contribution in [2.75, 3.05) is 18.2 Å². The summed E-state index contributed by atoms with van der Waals surface area (Å²) in [6, 6.07) is 5.27. The number of halogens is 3. The van der Waals surface area contributed by atoms with Crippen LogP contribution in [0.1, 0.15) is 6.42 Å². The number of thioether (sulfide) groups is 1. The van der Waals surface area contributed by atoms with Crippen LogP contribution in [0.15, 0.2) is 28.6 Å². The van der Waals surface area contributed by atoms with Gasteiger partial charge in [0.2, 0.25) is 5.13 Å². The second-order valence-electron chi connectivity index (χ2n) is 4.24. The minimum Gasteiger partial charge on any atom is -0.469 e. The van der Waals surface area contributed by atoms with Crippen LogP contribution in [0.3, 0.4) is 0 Å². The Hall–Kier alpha value is -2.01. The Kier molecular flexibility index (Phi) is 6.26. The third kappa shape index (κ3) is 6.24. The second-order valence-corrected chi connectivity index (χ2v) is 6.56. The van der Waals surface area contributed by atoms with E-state index in [4.69, 9.17) is 0 Å². The van der Waals surface area contributed by atoms with Crippen molar-refractivity contribution < 1.29 is 27.4 Å². The zero-order chi connectivity index (χ0) is 17.6. The molecule has 24 heavy (non-hydrogen) atoms. The van der Waals surface area contributed by atoms with Crippen molar-refractivity contribution in [3.8, 4) is 5.75 Å². The molecule has 0 bridgehead atoms. The molecule has 0 amide bonds. The Morgan fingerprint density at radius 3 is 2.62 bits per heavy atom. The van der Waals surface area contributed by atoms with Gasteiger partial charge in [-0.3, -0.25) is 4.79 Å². The fourth-order valence-electron chi connectivity index (χ4n) is 1.51.